The molecule has 1 aromatic rings. The molecule has 2 aliphatic rings. The van der Waals surface area contributed by atoms with Crippen molar-refractivity contribution in [1.82, 2.24) is 15.1 Å². The van der Waals surface area contributed by atoms with Crippen LogP contribution in [-0.2, 0) is 12.8 Å². The van der Waals surface area contributed by atoms with Crippen LogP contribution in [0.25, 0.3) is 0 Å². The number of likely N-dealkylation sites (tertiary alicyclic amines) is 1. The number of H-pyrrole nitrogens is 1. The Bertz CT molecular complexity index is 424. The smallest absolute Gasteiger partial charge is 0.274 e. The molecule has 4 nitrogen and oxygen atoms in total. The maximum absolute atomic E-state index is 12.3. The number of aryl methyl sites for hydroxylation is 1. The second kappa shape index (κ2) is 3.61. The molecule has 1 N–H and O–H groups in total. The summed E-state index contributed by atoms with van der Waals surface area (Å²) in [5.41, 5.74) is 3.03. The maximum atomic E-state index is 12.3. The van der Waals surface area contributed by atoms with Crippen molar-refractivity contribution in [2.24, 2.45) is 5.92 Å². The summed E-state index contributed by atoms with van der Waals surface area (Å²) >= 11 is 0. The Balaban J connectivity index is 1.84. The minimum Gasteiger partial charge on any atom is -0.337 e. The van der Waals surface area contributed by atoms with E-state index in [1.807, 2.05) is 4.90 Å². The van der Waals surface area contributed by atoms with Crippen LogP contribution in [0, 0.1) is 5.92 Å². The summed E-state index contributed by atoms with van der Waals surface area (Å²) in [6.07, 6.45) is 4.33. The lowest BCUT2D eigenvalue weighted by Crippen LogP contribution is -2.29. The summed E-state index contributed by atoms with van der Waals surface area (Å²) in [7, 11) is 0. The molecule has 3 rings (SSSR count). The molecule has 1 aliphatic carbocycles. The lowest BCUT2D eigenvalue weighted by Gasteiger charge is -2.14. The number of fused-ring (bicyclic) bond motifs is 1. The van der Waals surface area contributed by atoms with E-state index in [4.69, 9.17) is 0 Å². The van der Waals surface area contributed by atoms with Crippen LogP contribution >= 0.6 is 0 Å². The van der Waals surface area contributed by atoms with Crippen molar-refractivity contribution in [2.75, 3.05) is 13.1 Å². The molecule has 1 aliphatic heterocycles. The van der Waals surface area contributed by atoms with Gasteiger partial charge in [0.05, 0.1) is 0 Å². The Morgan fingerprint density at radius 3 is 3.12 bits per heavy atom. The highest BCUT2D eigenvalue weighted by Gasteiger charge is 2.29. The highest BCUT2D eigenvalue weighted by molar-refractivity contribution is 5.94. The molecule has 2 heterocycles. The number of carbonyl (C=O) groups is 1. The van der Waals surface area contributed by atoms with Crippen LogP contribution in [0.3, 0.4) is 0 Å². The molecule has 1 saturated heterocycles. The molecule has 1 atom stereocenters. The summed E-state index contributed by atoms with van der Waals surface area (Å²) in [6.45, 7) is 3.98. The predicted octanol–water partition coefficient (Wildman–Crippen LogP) is 1.38. The minimum absolute atomic E-state index is 0.128. The number of hydrogen-bond donors (Lipinski definition) is 1. The van der Waals surface area contributed by atoms with E-state index in [1.165, 1.54) is 11.3 Å². The molecule has 86 valence electrons. The molecule has 16 heavy (non-hydrogen) atoms. The molecule has 1 aromatic heterocycles. The molecule has 1 unspecified atom stereocenters. The number of aromatic nitrogens is 2. The SMILES string of the molecule is CC1CCN(C(=O)c2n[nH]c3c2CCC3)C1. The number of nitrogens with one attached hydrogen (secondary N) is 1. The van der Waals surface area contributed by atoms with Gasteiger partial charge in [-0.15, -0.1) is 0 Å². The third kappa shape index (κ3) is 1.44. The summed E-state index contributed by atoms with van der Waals surface area (Å²) in [5.74, 6) is 0.764. The number of carbonyl (C=O) groups excluding carboxylic acids is 1. The van der Waals surface area contributed by atoms with E-state index in [9.17, 15) is 4.79 Å². The highest BCUT2D eigenvalue weighted by atomic mass is 16.2. The quantitative estimate of drug-likeness (QED) is 0.775. The van der Waals surface area contributed by atoms with Crippen molar-refractivity contribution in [3.05, 3.63) is 17.0 Å². The highest BCUT2D eigenvalue weighted by Crippen LogP contribution is 2.25. The lowest BCUT2D eigenvalue weighted by atomic mass is 10.1. The van der Waals surface area contributed by atoms with Gasteiger partial charge in [-0.3, -0.25) is 9.89 Å². The van der Waals surface area contributed by atoms with Crippen molar-refractivity contribution in [3.8, 4) is 0 Å². The van der Waals surface area contributed by atoms with Crippen LogP contribution < -0.4 is 0 Å². The van der Waals surface area contributed by atoms with Crippen molar-refractivity contribution < 1.29 is 4.79 Å². The molecular weight excluding hydrogens is 202 g/mol. The first-order chi connectivity index (χ1) is 7.75. The summed E-state index contributed by atoms with van der Waals surface area (Å²) < 4.78 is 0. The molecule has 0 radical (unpaired) electrons. The zero-order chi connectivity index (χ0) is 11.1. The Morgan fingerprint density at radius 2 is 2.38 bits per heavy atom. The standard InChI is InChI=1S/C12H17N3O/c1-8-5-6-15(7-8)12(16)11-9-3-2-4-10(9)13-14-11/h8H,2-7H2,1H3,(H,13,14). The monoisotopic (exact) mass is 219 g/mol. The van der Waals surface area contributed by atoms with Gasteiger partial charge in [0.15, 0.2) is 5.69 Å². The average Bonchev–Trinajstić information content (AvgIpc) is 2.90. The Morgan fingerprint density at radius 1 is 1.50 bits per heavy atom. The van der Waals surface area contributed by atoms with E-state index in [1.54, 1.807) is 0 Å². The van der Waals surface area contributed by atoms with E-state index in [0.717, 1.165) is 38.8 Å². The molecule has 0 bridgehead atoms. The van der Waals surface area contributed by atoms with Crippen molar-refractivity contribution in [1.29, 1.82) is 0 Å². The number of amides is 1. The molecule has 1 fully saturated rings. The molecule has 0 aromatic carbocycles. The van der Waals surface area contributed by atoms with Crippen LogP contribution in [-0.4, -0.2) is 34.1 Å². The van der Waals surface area contributed by atoms with Gasteiger partial charge in [0.25, 0.3) is 5.91 Å². The minimum atomic E-state index is 0.128. The first-order valence-corrected chi connectivity index (χ1v) is 6.11. The fraction of sp³-hybridized carbons (Fsp3) is 0.667. The number of rotatable bonds is 1. The summed E-state index contributed by atoms with van der Waals surface area (Å²) in [4.78, 5) is 14.2. The molecule has 0 saturated carbocycles. The first kappa shape index (κ1) is 9.87. The molecular formula is C12H17N3O. The summed E-state index contributed by atoms with van der Waals surface area (Å²) in [5, 5.41) is 7.20. The van der Waals surface area contributed by atoms with Gasteiger partial charge in [-0.05, 0) is 31.6 Å². The zero-order valence-corrected chi connectivity index (χ0v) is 9.62. The maximum Gasteiger partial charge on any atom is 0.274 e. The Labute approximate surface area is 95.0 Å². The van der Waals surface area contributed by atoms with E-state index < -0.39 is 0 Å². The van der Waals surface area contributed by atoms with E-state index in [0.29, 0.717) is 11.6 Å². The van der Waals surface area contributed by atoms with Gasteiger partial charge in [0, 0.05) is 24.3 Å². The Kier molecular flexibility index (Phi) is 2.23. The Hall–Kier alpha value is -1.32. The van der Waals surface area contributed by atoms with Gasteiger partial charge in [0.1, 0.15) is 0 Å². The number of nitrogens with zero attached hydrogens (tertiary/aromatic N) is 2. The third-order valence-electron chi connectivity index (χ3n) is 3.72. The van der Waals surface area contributed by atoms with Crippen LogP contribution in [0.5, 0.6) is 0 Å². The predicted molar refractivity (Wildman–Crippen MR) is 60.3 cm³/mol. The topological polar surface area (TPSA) is 49.0 Å². The second-order valence-corrected chi connectivity index (χ2v) is 5.03. The molecule has 4 heteroatoms. The average molecular weight is 219 g/mol. The second-order valence-electron chi connectivity index (χ2n) is 5.03. The van der Waals surface area contributed by atoms with E-state index in [-0.39, 0.29) is 5.91 Å². The number of aromatic amines is 1. The fourth-order valence-corrected chi connectivity index (χ4v) is 2.77. The largest absolute Gasteiger partial charge is 0.337 e. The van der Waals surface area contributed by atoms with Crippen LogP contribution in [0.4, 0.5) is 0 Å². The molecule has 0 spiro atoms. The van der Waals surface area contributed by atoms with Gasteiger partial charge in [-0.2, -0.15) is 5.10 Å². The first-order valence-electron chi connectivity index (χ1n) is 6.11. The summed E-state index contributed by atoms with van der Waals surface area (Å²) in [6, 6.07) is 0. The van der Waals surface area contributed by atoms with Crippen molar-refractivity contribution in [3.63, 3.8) is 0 Å². The fourth-order valence-electron chi connectivity index (χ4n) is 2.77. The normalized spacial score (nSPS) is 23.8. The van der Waals surface area contributed by atoms with E-state index >= 15 is 0 Å². The van der Waals surface area contributed by atoms with Gasteiger partial charge in [-0.25, -0.2) is 0 Å². The van der Waals surface area contributed by atoms with Gasteiger partial charge < -0.3 is 4.90 Å². The van der Waals surface area contributed by atoms with Crippen molar-refractivity contribution in [2.45, 2.75) is 32.6 Å². The van der Waals surface area contributed by atoms with Crippen molar-refractivity contribution >= 4 is 5.91 Å². The lowest BCUT2D eigenvalue weighted by molar-refractivity contribution is 0.0781. The van der Waals surface area contributed by atoms with Gasteiger partial charge in [-0.1, -0.05) is 6.92 Å². The van der Waals surface area contributed by atoms with Crippen LogP contribution in [0.1, 0.15) is 41.5 Å². The van der Waals surface area contributed by atoms with Crippen LogP contribution in [0.2, 0.25) is 0 Å². The van der Waals surface area contributed by atoms with Gasteiger partial charge >= 0.3 is 0 Å². The van der Waals surface area contributed by atoms with Crippen LogP contribution in [0.15, 0.2) is 0 Å². The number of hydrogen-bond acceptors (Lipinski definition) is 2. The third-order valence-corrected chi connectivity index (χ3v) is 3.72. The van der Waals surface area contributed by atoms with Gasteiger partial charge in [0.2, 0.25) is 0 Å². The molecule has 1 amide bonds. The zero-order valence-electron chi connectivity index (χ0n) is 9.62. The van der Waals surface area contributed by atoms with E-state index in [2.05, 4.69) is 17.1 Å².